The van der Waals surface area contributed by atoms with Crippen LogP contribution in [0.15, 0.2) is 0 Å². The van der Waals surface area contributed by atoms with E-state index in [1.165, 1.54) is 0 Å². The molecule has 0 amide bonds. The first-order chi connectivity index (χ1) is 8.85. The first-order valence-corrected chi connectivity index (χ1v) is 8.83. The smallest absolute Gasteiger partial charge is 0.372 e. The molecule has 2 bridgehead atoms. The molecule has 0 aromatic carbocycles. The second kappa shape index (κ2) is 7.54. The van der Waals surface area contributed by atoms with Gasteiger partial charge in [-0.15, -0.1) is 0 Å². The lowest BCUT2D eigenvalue weighted by molar-refractivity contribution is -0.00848. The maximum absolute atomic E-state index is 5.95. The summed E-state index contributed by atoms with van der Waals surface area (Å²) in [4.78, 5) is 2.33. The van der Waals surface area contributed by atoms with Gasteiger partial charge in [0, 0.05) is 38.8 Å². The van der Waals surface area contributed by atoms with Gasteiger partial charge in [0.2, 0.25) is 0 Å². The topological polar surface area (TPSA) is 69.0 Å². The first-order valence-electron chi connectivity index (χ1n) is 6.90. The highest BCUT2D eigenvalue weighted by Gasteiger charge is 2.43. The summed E-state index contributed by atoms with van der Waals surface area (Å²) in [6, 6.07) is 0.907. The zero-order valence-electron chi connectivity index (χ0n) is 11.0. The molecular weight excluding hydrogens is 250 g/mol. The summed E-state index contributed by atoms with van der Waals surface area (Å²) < 4.78 is 17.8. The van der Waals surface area contributed by atoms with E-state index in [1.54, 1.807) is 0 Å². The van der Waals surface area contributed by atoms with Crippen molar-refractivity contribution in [3.63, 3.8) is 0 Å². The Bertz CT molecular complexity index is 219. The Balaban J connectivity index is 1.78. The van der Waals surface area contributed by atoms with Gasteiger partial charge in [0.15, 0.2) is 0 Å². The summed E-state index contributed by atoms with van der Waals surface area (Å²) in [6.45, 7) is 7.74. The minimum absolute atomic E-state index is 0.682. The monoisotopic (exact) mass is 275 g/mol. The first kappa shape index (κ1) is 14.4. The molecule has 3 heterocycles. The molecular formula is C11H25N3O3Si. The third kappa shape index (κ3) is 4.27. The number of hydrogen-bond donors (Lipinski definition) is 2. The van der Waals surface area contributed by atoms with Crippen molar-refractivity contribution in [2.75, 3.05) is 59.1 Å². The third-order valence-electron chi connectivity index (χ3n) is 3.35. The predicted octanol–water partition coefficient (Wildman–Crippen LogP) is -0.757. The molecule has 0 aliphatic carbocycles. The van der Waals surface area contributed by atoms with Gasteiger partial charge in [-0.3, -0.25) is 4.90 Å². The molecule has 106 valence electrons. The molecule has 18 heavy (non-hydrogen) atoms. The van der Waals surface area contributed by atoms with Crippen LogP contribution >= 0.6 is 0 Å². The van der Waals surface area contributed by atoms with Crippen LogP contribution in [-0.4, -0.2) is 72.8 Å². The molecule has 0 radical (unpaired) electrons. The highest BCUT2D eigenvalue weighted by atomic mass is 28.4. The van der Waals surface area contributed by atoms with Crippen molar-refractivity contribution in [1.29, 1.82) is 0 Å². The number of rotatable bonds is 6. The second-order valence-corrected chi connectivity index (χ2v) is 7.44. The number of nitrogens with zero attached hydrogens (tertiary/aromatic N) is 1. The fraction of sp³-hybridized carbons (Fsp3) is 1.00. The third-order valence-corrected chi connectivity index (χ3v) is 6.24. The number of fused-ring (bicyclic) bond motifs is 6. The van der Waals surface area contributed by atoms with E-state index in [2.05, 4.69) is 10.2 Å². The van der Waals surface area contributed by atoms with E-state index < -0.39 is 8.80 Å². The van der Waals surface area contributed by atoms with Crippen LogP contribution in [0.4, 0.5) is 0 Å². The highest BCUT2D eigenvalue weighted by molar-refractivity contribution is 6.60. The van der Waals surface area contributed by atoms with Gasteiger partial charge < -0.3 is 24.3 Å². The Kier molecular flexibility index (Phi) is 6.03. The van der Waals surface area contributed by atoms with Gasteiger partial charge in [-0.25, -0.2) is 0 Å². The molecule has 0 atom stereocenters. The van der Waals surface area contributed by atoms with Crippen molar-refractivity contribution in [2.24, 2.45) is 5.73 Å². The SMILES string of the molecule is NCCNCCC[Si]12OCCN(CCO1)CCO2. The summed E-state index contributed by atoms with van der Waals surface area (Å²) in [5.74, 6) is 0. The van der Waals surface area contributed by atoms with Gasteiger partial charge in [-0.1, -0.05) is 0 Å². The van der Waals surface area contributed by atoms with Crippen LogP contribution in [0.5, 0.6) is 0 Å². The molecule has 6 nitrogen and oxygen atoms in total. The molecule has 0 aromatic rings. The Morgan fingerprint density at radius 2 is 1.61 bits per heavy atom. The molecule has 0 unspecified atom stereocenters. The van der Waals surface area contributed by atoms with E-state index in [0.29, 0.717) is 6.54 Å². The molecule has 0 aromatic heterocycles. The van der Waals surface area contributed by atoms with Crippen LogP contribution < -0.4 is 11.1 Å². The van der Waals surface area contributed by atoms with E-state index in [0.717, 1.165) is 65.0 Å². The van der Waals surface area contributed by atoms with Gasteiger partial charge in [0.25, 0.3) is 0 Å². The summed E-state index contributed by atoms with van der Waals surface area (Å²) in [5, 5.41) is 3.29. The van der Waals surface area contributed by atoms with Crippen LogP contribution in [0.1, 0.15) is 6.42 Å². The maximum Gasteiger partial charge on any atom is 0.501 e. The van der Waals surface area contributed by atoms with Crippen molar-refractivity contribution >= 4 is 8.80 Å². The van der Waals surface area contributed by atoms with Crippen molar-refractivity contribution in [3.8, 4) is 0 Å². The van der Waals surface area contributed by atoms with Gasteiger partial charge in [-0.2, -0.15) is 0 Å². The van der Waals surface area contributed by atoms with E-state index >= 15 is 0 Å². The van der Waals surface area contributed by atoms with Gasteiger partial charge >= 0.3 is 8.80 Å². The molecule has 7 heteroatoms. The predicted molar refractivity (Wildman–Crippen MR) is 71.4 cm³/mol. The quantitative estimate of drug-likeness (QED) is 0.491. The zero-order chi connectivity index (χ0) is 12.7. The van der Waals surface area contributed by atoms with Crippen molar-refractivity contribution < 1.29 is 13.3 Å². The Hall–Kier alpha value is -0.0231. The van der Waals surface area contributed by atoms with Crippen molar-refractivity contribution in [1.82, 2.24) is 10.2 Å². The molecule has 0 spiro atoms. The Morgan fingerprint density at radius 1 is 1.00 bits per heavy atom. The fourth-order valence-electron chi connectivity index (χ4n) is 2.32. The average Bonchev–Trinajstić information content (AvgIpc) is 2.29. The Labute approximate surface area is 110 Å². The molecule has 3 rings (SSSR count). The van der Waals surface area contributed by atoms with Gasteiger partial charge in [0.05, 0.1) is 19.8 Å². The van der Waals surface area contributed by atoms with Crippen LogP contribution in [0.2, 0.25) is 6.04 Å². The van der Waals surface area contributed by atoms with Crippen LogP contribution in [0.3, 0.4) is 0 Å². The van der Waals surface area contributed by atoms with E-state index in [9.17, 15) is 0 Å². The number of nitrogens with two attached hydrogens (primary N) is 1. The van der Waals surface area contributed by atoms with Gasteiger partial charge in [-0.05, 0) is 13.0 Å². The molecule has 3 aliphatic heterocycles. The van der Waals surface area contributed by atoms with Crippen molar-refractivity contribution in [2.45, 2.75) is 12.5 Å². The van der Waals surface area contributed by atoms with E-state index in [-0.39, 0.29) is 0 Å². The fourth-order valence-corrected chi connectivity index (χ4v) is 4.82. The number of hydrogen-bond acceptors (Lipinski definition) is 6. The zero-order valence-corrected chi connectivity index (χ0v) is 12.0. The highest BCUT2D eigenvalue weighted by Crippen LogP contribution is 2.21. The normalized spacial score (nSPS) is 32.8. The van der Waals surface area contributed by atoms with E-state index in [4.69, 9.17) is 19.0 Å². The summed E-state index contributed by atoms with van der Waals surface area (Å²) in [6.07, 6.45) is 1.02. The minimum Gasteiger partial charge on any atom is -0.372 e. The molecule has 3 fully saturated rings. The molecule has 3 saturated heterocycles. The average molecular weight is 275 g/mol. The lowest BCUT2D eigenvalue weighted by atomic mass is 10.4. The largest absolute Gasteiger partial charge is 0.501 e. The second-order valence-electron chi connectivity index (χ2n) is 4.71. The summed E-state index contributed by atoms with van der Waals surface area (Å²) in [7, 11) is -2.39. The minimum atomic E-state index is -2.39. The lowest BCUT2D eigenvalue weighted by Crippen LogP contribution is -2.55. The van der Waals surface area contributed by atoms with Gasteiger partial charge in [0.1, 0.15) is 0 Å². The molecule has 3 N–H and O–H groups in total. The van der Waals surface area contributed by atoms with Crippen LogP contribution in [-0.2, 0) is 13.3 Å². The lowest BCUT2D eigenvalue weighted by Gasteiger charge is -2.38. The van der Waals surface area contributed by atoms with E-state index in [1.807, 2.05) is 0 Å². The number of nitrogens with one attached hydrogen (secondary N) is 1. The maximum atomic E-state index is 5.95. The molecule has 0 saturated carbocycles. The summed E-state index contributed by atoms with van der Waals surface area (Å²) >= 11 is 0. The summed E-state index contributed by atoms with van der Waals surface area (Å²) in [5.41, 5.74) is 5.44. The Morgan fingerprint density at radius 3 is 2.17 bits per heavy atom. The van der Waals surface area contributed by atoms with Crippen LogP contribution in [0, 0.1) is 0 Å². The molecule has 3 aliphatic rings. The van der Waals surface area contributed by atoms with Crippen molar-refractivity contribution in [3.05, 3.63) is 0 Å². The van der Waals surface area contributed by atoms with Crippen LogP contribution in [0.25, 0.3) is 0 Å². The standard InChI is InChI=1S/C11H25N3O3Si/c12-2-4-13-3-1-11-18-15-8-5-14(6-9-16-18)7-10-17-18/h13H,1-12H2.